The molecule has 4 N–H and O–H groups in total. The van der Waals surface area contributed by atoms with E-state index in [1.165, 1.54) is 19.2 Å². The minimum atomic E-state index is -1.70. The largest absolute Gasteiger partial charge is 0.391 e. The zero-order valence-corrected chi connectivity index (χ0v) is 12.4. The summed E-state index contributed by atoms with van der Waals surface area (Å²) in [6.07, 6.45) is -3.29. The van der Waals surface area contributed by atoms with Crippen molar-refractivity contribution in [3.05, 3.63) is 22.7 Å². The Hall–Kier alpha value is -1.30. The van der Waals surface area contributed by atoms with Crippen molar-refractivity contribution in [2.24, 2.45) is 0 Å². The number of hydrogen-bond donors (Lipinski definition) is 3. The van der Waals surface area contributed by atoms with Gasteiger partial charge in [0, 0.05) is 11.6 Å². The van der Waals surface area contributed by atoms with Gasteiger partial charge >= 0.3 is 5.69 Å². The van der Waals surface area contributed by atoms with E-state index < -0.39 is 35.1 Å². The lowest BCUT2D eigenvalue weighted by molar-refractivity contribution is -0.0773. The van der Waals surface area contributed by atoms with E-state index in [0.29, 0.717) is 0 Å². The minimum Gasteiger partial charge on any atom is -0.391 e. The van der Waals surface area contributed by atoms with E-state index >= 15 is 0 Å². The number of hydrogen-bond acceptors (Lipinski definition) is 6. The van der Waals surface area contributed by atoms with Gasteiger partial charge in [-0.2, -0.15) is 4.98 Å². The van der Waals surface area contributed by atoms with Gasteiger partial charge in [0.05, 0.1) is 6.10 Å². The molecule has 7 nitrogen and oxygen atoms in total. The Morgan fingerprint density at radius 1 is 1.67 bits per heavy atom. The van der Waals surface area contributed by atoms with Gasteiger partial charge in [-0.25, -0.2) is 4.79 Å². The Morgan fingerprint density at radius 3 is 2.86 bits per heavy atom. The SMILES string of the molecule is C[C@H](O)[C@H]1O[C@@H](n2ccc(N)nc2=O)C(Cl)(C#CCl)[C@H]1O. The van der Waals surface area contributed by atoms with E-state index in [2.05, 4.69) is 16.3 Å². The highest BCUT2D eigenvalue weighted by atomic mass is 35.5. The fraction of sp³-hybridized carbons (Fsp3) is 0.500. The molecule has 114 valence electrons. The second kappa shape index (κ2) is 5.83. The van der Waals surface area contributed by atoms with E-state index in [1.807, 2.05) is 0 Å². The van der Waals surface area contributed by atoms with Crippen LogP contribution >= 0.6 is 23.2 Å². The summed E-state index contributed by atoms with van der Waals surface area (Å²) < 4.78 is 6.54. The molecule has 1 aliphatic rings. The van der Waals surface area contributed by atoms with Crippen LogP contribution in [0.15, 0.2) is 17.1 Å². The first-order valence-corrected chi connectivity index (χ1v) is 6.75. The van der Waals surface area contributed by atoms with Gasteiger partial charge in [-0.15, -0.1) is 0 Å². The molecule has 1 saturated heterocycles. The highest BCUT2D eigenvalue weighted by Crippen LogP contribution is 2.43. The van der Waals surface area contributed by atoms with Crippen molar-refractivity contribution in [3.63, 3.8) is 0 Å². The van der Waals surface area contributed by atoms with Crippen LogP contribution in [0.3, 0.4) is 0 Å². The molecule has 1 aromatic heterocycles. The van der Waals surface area contributed by atoms with Crippen molar-refractivity contribution in [3.8, 4) is 11.3 Å². The highest BCUT2D eigenvalue weighted by Gasteiger charge is 2.57. The molecule has 0 saturated carbocycles. The van der Waals surface area contributed by atoms with Gasteiger partial charge in [0.15, 0.2) is 11.1 Å². The molecule has 1 aromatic rings. The lowest BCUT2D eigenvalue weighted by atomic mass is 9.97. The number of nitrogens with zero attached hydrogens (tertiary/aromatic N) is 2. The van der Waals surface area contributed by atoms with Crippen LogP contribution in [-0.2, 0) is 4.74 Å². The van der Waals surface area contributed by atoms with Crippen LogP contribution in [0.2, 0.25) is 0 Å². The molecule has 2 rings (SSSR count). The van der Waals surface area contributed by atoms with Gasteiger partial charge in [-0.3, -0.25) is 4.57 Å². The summed E-state index contributed by atoms with van der Waals surface area (Å²) in [4.78, 5) is 13.8. The smallest absolute Gasteiger partial charge is 0.351 e. The maximum Gasteiger partial charge on any atom is 0.351 e. The number of aliphatic hydroxyl groups excluding tert-OH is 2. The molecule has 21 heavy (non-hydrogen) atoms. The molecule has 1 unspecified atom stereocenters. The van der Waals surface area contributed by atoms with Crippen molar-refractivity contribution in [2.75, 3.05) is 5.73 Å². The quantitative estimate of drug-likeness (QED) is 0.503. The summed E-state index contributed by atoms with van der Waals surface area (Å²) >= 11 is 11.7. The van der Waals surface area contributed by atoms with Crippen LogP contribution in [0.4, 0.5) is 5.82 Å². The summed E-state index contributed by atoms with van der Waals surface area (Å²) in [5.41, 5.74) is 4.70. The first-order valence-electron chi connectivity index (χ1n) is 5.99. The van der Waals surface area contributed by atoms with Crippen LogP contribution in [0.25, 0.3) is 0 Å². The Labute approximate surface area is 130 Å². The third kappa shape index (κ3) is 2.73. The van der Waals surface area contributed by atoms with Crippen molar-refractivity contribution >= 4 is 29.0 Å². The molecule has 0 bridgehead atoms. The molecule has 5 atom stereocenters. The molecule has 0 aromatic carbocycles. The van der Waals surface area contributed by atoms with Crippen molar-refractivity contribution < 1.29 is 14.9 Å². The number of nitrogen functional groups attached to an aromatic ring is 1. The summed E-state index contributed by atoms with van der Waals surface area (Å²) in [5.74, 6) is 2.45. The number of rotatable bonds is 2. The van der Waals surface area contributed by atoms with E-state index in [4.69, 9.17) is 33.7 Å². The molecule has 9 heteroatoms. The van der Waals surface area contributed by atoms with Crippen LogP contribution in [0, 0.1) is 11.3 Å². The zero-order chi connectivity index (χ0) is 15.8. The Bertz CT molecular complexity index is 654. The van der Waals surface area contributed by atoms with Crippen LogP contribution in [0.1, 0.15) is 13.2 Å². The lowest BCUT2D eigenvalue weighted by Gasteiger charge is -2.25. The molecule has 1 fully saturated rings. The van der Waals surface area contributed by atoms with Gasteiger partial charge < -0.3 is 20.7 Å². The van der Waals surface area contributed by atoms with Crippen LogP contribution < -0.4 is 11.4 Å². The van der Waals surface area contributed by atoms with Crippen LogP contribution in [0.5, 0.6) is 0 Å². The normalized spacial score (nSPS) is 33.3. The Kier molecular flexibility index (Phi) is 4.46. The number of anilines is 1. The third-order valence-electron chi connectivity index (χ3n) is 3.21. The lowest BCUT2D eigenvalue weighted by Crippen LogP contribution is -2.44. The van der Waals surface area contributed by atoms with Gasteiger partial charge in [0.1, 0.15) is 18.0 Å². The summed E-state index contributed by atoms with van der Waals surface area (Å²) in [6.45, 7) is 1.42. The maximum atomic E-state index is 11.9. The zero-order valence-electron chi connectivity index (χ0n) is 10.9. The second-order valence-corrected chi connectivity index (χ2v) is 5.48. The summed E-state index contributed by atoms with van der Waals surface area (Å²) in [7, 11) is 0. The number of halogens is 2. The predicted molar refractivity (Wildman–Crippen MR) is 76.7 cm³/mol. The first-order chi connectivity index (χ1) is 9.81. The first kappa shape index (κ1) is 16.1. The average molecular weight is 334 g/mol. The third-order valence-corrected chi connectivity index (χ3v) is 3.80. The topological polar surface area (TPSA) is 111 Å². The van der Waals surface area contributed by atoms with E-state index in [0.717, 1.165) is 4.57 Å². The number of nitrogens with two attached hydrogens (primary N) is 1. The molecule has 0 aliphatic carbocycles. The summed E-state index contributed by atoms with van der Waals surface area (Å²) in [5, 5.41) is 22.0. The van der Waals surface area contributed by atoms with Gasteiger partial charge in [-0.05, 0) is 24.6 Å². The van der Waals surface area contributed by atoms with E-state index in [9.17, 15) is 15.0 Å². The maximum absolute atomic E-state index is 11.9. The van der Waals surface area contributed by atoms with Crippen molar-refractivity contribution in [1.82, 2.24) is 9.55 Å². The number of aliphatic hydroxyl groups is 2. The highest BCUT2D eigenvalue weighted by molar-refractivity contribution is 6.32. The molecular formula is C12H13Cl2N3O4. The Morgan fingerprint density at radius 2 is 2.33 bits per heavy atom. The number of aromatic nitrogens is 2. The van der Waals surface area contributed by atoms with Crippen LogP contribution in [-0.4, -0.2) is 43.0 Å². The minimum absolute atomic E-state index is 0.0328. The van der Waals surface area contributed by atoms with E-state index in [-0.39, 0.29) is 5.82 Å². The summed E-state index contributed by atoms with van der Waals surface area (Å²) in [6, 6.07) is 1.37. The Balaban J connectivity index is 2.54. The monoisotopic (exact) mass is 333 g/mol. The van der Waals surface area contributed by atoms with Gasteiger partial charge in [0.2, 0.25) is 0 Å². The van der Waals surface area contributed by atoms with Gasteiger partial charge in [0.25, 0.3) is 0 Å². The fourth-order valence-corrected chi connectivity index (χ4v) is 2.70. The second-order valence-electron chi connectivity index (χ2n) is 4.67. The standard InChI is InChI=1S/C12H13Cl2N3O4/c1-6(18)8-9(19)12(14,3-4-13)10(21-8)17-5-2-7(15)16-11(17)20/h2,5-6,8-10,18-19H,1H3,(H2,15,16,20)/t6-,8+,9-,10+,12?/m0/s1. The molecule has 2 heterocycles. The molecule has 1 aliphatic heterocycles. The van der Waals surface area contributed by atoms with Gasteiger partial charge in [-0.1, -0.05) is 17.5 Å². The van der Waals surface area contributed by atoms with Crippen molar-refractivity contribution in [2.45, 2.75) is 36.3 Å². The number of ether oxygens (including phenoxy) is 1. The number of alkyl halides is 1. The molecule has 0 radical (unpaired) electrons. The molecule has 0 spiro atoms. The van der Waals surface area contributed by atoms with Crippen molar-refractivity contribution in [1.29, 1.82) is 0 Å². The molecule has 0 amide bonds. The molecular weight excluding hydrogens is 321 g/mol. The predicted octanol–water partition coefficient (Wildman–Crippen LogP) is -0.358. The average Bonchev–Trinajstić information content (AvgIpc) is 2.64. The fourth-order valence-electron chi connectivity index (χ4n) is 2.17. The van der Waals surface area contributed by atoms with E-state index in [1.54, 1.807) is 0 Å².